The molecular weight excluding hydrogens is 266 g/mol. The number of rotatable bonds is 5. The summed E-state index contributed by atoms with van der Waals surface area (Å²) in [5, 5.41) is 12.8. The second kappa shape index (κ2) is 5.31. The van der Waals surface area contributed by atoms with Crippen molar-refractivity contribution in [3.05, 3.63) is 23.2 Å². The van der Waals surface area contributed by atoms with Gasteiger partial charge in [0.1, 0.15) is 12.4 Å². The molecule has 1 aliphatic heterocycles. The van der Waals surface area contributed by atoms with E-state index in [1.807, 2.05) is 25.1 Å². The van der Waals surface area contributed by atoms with Crippen LogP contribution in [0.3, 0.4) is 0 Å². The van der Waals surface area contributed by atoms with Gasteiger partial charge in [-0.25, -0.2) is 0 Å². The Morgan fingerprint density at radius 2 is 2.21 bits per heavy atom. The highest BCUT2D eigenvalue weighted by Crippen LogP contribution is 2.35. The molecule has 1 aromatic carbocycles. The molecular formula is C12H13N3O3S. The minimum atomic E-state index is 0.265. The number of nitrogens with one attached hydrogen (secondary N) is 1. The van der Waals surface area contributed by atoms with Gasteiger partial charge in [0.2, 0.25) is 11.9 Å². The molecule has 0 amide bonds. The van der Waals surface area contributed by atoms with Crippen molar-refractivity contribution in [2.75, 3.05) is 18.7 Å². The van der Waals surface area contributed by atoms with Crippen LogP contribution in [-0.2, 0) is 6.61 Å². The number of hydrogen-bond acceptors (Lipinski definition) is 7. The first-order valence-electron chi connectivity index (χ1n) is 5.94. The predicted molar refractivity (Wildman–Crippen MR) is 71.0 cm³/mol. The van der Waals surface area contributed by atoms with Crippen molar-refractivity contribution in [1.82, 2.24) is 10.2 Å². The molecule has 6 nitrogen and oxygen atoms in total. The number of anilines is 1. The Bertz CT molecular complexity index is 573. The molecule has 0 spiro atoms. The van der Waals surface area contributed by atoms with Gasteiger partial charge in [-0.2, -0.15) is 0 Å². The van der Waals surface area contributed by atoms with Gasteiger partial charge >= 0.3 is 0 Å². The van der Waals surface area contributed by atoms with E-state index in [9.17, 15) is 0 Å². The Kier molecular flexibility index (Phi) is 3.37. The standard InChI is InChI=1S/C12H13N3O3S/c1-2-13-12-15-14-11(19-12)6-16-8-3-4-9-10(5-8)18-7-17-9/h3-5H,2,6-7H2,1H3,(H,13,15). The molecule has 0 bridgehead atoms. The van der Waals surface area contributed by atoms with Crippen molar-refractivity contribution >= 4 is 16.5 Å². The highest BCUT2D eigenvalue weighted by atomic mass is 32.1. The zero-order chi connectivity index (χ0) is 13.1. The fourth-order valence-electron chi connectivity index (χ4n) is 1.65. The monoisotopic (exact) mass is 279 g/mol. The first-order chi connectivity index (χ1) is 9.35. The fraction of sp³-hybridized carbons (Fsp3) is 0.333. The number of benzene rings is 1. The van der Waals surface area contributed by atoms with Gasteiger partial charge in [-0.05, 0) is 19.1 Å². The molecule has 0 saturated heterocycles. The van der Waals surface area contributed by atoms with Crippen LogP contribution in [0.15, 0.2) is 18.2 Å². The van der Waals surface area contributed by atoms with E-state index < -0.39 is 0 Å². The number of ether oxygens (including phenoxy) is 3. The van der Waals surface area contributed by atoms with Crippen LogP contribution in [0, 0.1) is 0 Å². The number of nitrogens with zero attached hydrogens (tertiary/aromatic N) is 2. The Morgan fingerprint density at radius 3 is 3.11 bits per heavy atom. The summed E-state index contributed by atoms with van der Waals surface area (Å²) < 4.78 is 16.2. The van der Waals surface area contributed by atoms with E-state index in [1.54, 1.807) is 0 Å². The highest BCUT2D eigenvalue weighted by Gasteiger charge is 2.14. The fourth-order valence-corrected chi connectivity index (χ4v) is 2.37. The molecule has 0 radical (unpaired) electrons. The van der Waals surface area contributed by atoms with Gasteiger partial charge in [-0.15, -0.1) is 10.2 Å². The maximum Gasteiger partial charge on any atom is 0.231 e. The third-order valence-corrected chi connectivity index (χ3v) is 3.36. The first kappa shape index (κ1) is 12.0. The Balaban J connectivity index is 1.62. The lowest BCUT2D eigenvalue weighted by atomic mass is 10.3. The summed E-state index contributed by atoms with van der Waals surface area (Å²) >= 11 is 1.49. The van der Waals surface area contributed by atoms with E-state index in [0.717, 1.165) is 28.2 Å². The first-order valence-corrected chi connectivity index (χ1v) is 6.75. The minimum absolute atomic E-state index is 0.265. The van der Waals surface area contributed by atoms with Crippen LogP contribution >= 0.6 is 11.3 Å². The topological polar surface area (TPSA) is 65.5 Å². The lowest BCUT2D eigenvalue weighted by molar-refractivity contribution is 0.173. The summed E-state index contributed by atoms with van der Waals surface area (Å²) in [6.07, 6.45) is 0. The van der Waals surface area contributed by atoms with Gasteiger partial charge in [0, 0.05) is 12.6 Å². The van der Waals surface area contributed by atoms with E-state index >= 15 is 0 Å². The Morgan fingerprint density at radius 1 is 1.32 bits per heavy atom. The van der Waals surface area contributed by atoms with Crippen LogP contribution in [0.5, 0.6) is 17.2 Å². The number of aromatic nitrogens is 2. The summed E-state index contributed by atoms with van der Waals surface area (Å²) in [7, 11) is 0. The van der Waals surface area contributed by atoms with E-state index in [1.165, 1.54) is 11.3 Å². The second-order valence-electron chi connectivity index (χ2n) is 3.84. The second-order valence-corrected chi connectivity index (χ2v) is 4.90. The van der Waals surface area contributed by atoms with Gasteiger partial charge in [0.05, 0.1) is 0 Å². The quantitative estimate of drug-likeness (QED) is 0.905. The molecule has 7 heteroatoms. The molecule has 0 aliphatic carbocycles. The third-order valence-electron chi connectivity index (χ3n) is 2.50. The molecule has 0 atom stereocenters. The summed E-state index contributed by atoms with van der Waals surface area (Å²) in [5.41, 5.74) is 0. The van der Waals surface area contributed by atoms with E-state index in [4.69, 9.17) is 14.2 Å². The Labute approximate surface area is 114 Å². The van der Waals surface area contributed by atoms with Crippen LogP contribution in [-0.4, -0.2) is 23.5 Å². The van der Waals surface area contributed by atoms with Crippen LogP contribution in [0.1, 0.15) is 11.9 Å². The highest BCUT2D eigenvalue weighted by molar-refractivity contribution is 7.15. The molecule has 100 valence electrons. The van der Waals surface area contributed by atoms with Crippen molar-refractivity contribution in [1.29, 1.82) is 0 Å². The van der Waals surface area contributed by atoms with Crippen molar-refractivity contribution in [2.24, 2.45) is 0 Å². The van der Waals surface area contributed by atoms with Crippen LogP contribution in [0.25, 0.3) is 0 Å². The molecule has 19 heavy (non-hydrogen) atoms. The average molecular weight is 279 g/mol. The summed E-state index contributed by atoms with van der Waals surface area (Å²) in [6, 6.07) is 5.50. The lowest BCUT2D eigenvalue weighted by Crippen LogP contribution is -1.95. The normalized spacial score (nSPS) is 12.5. The van der Waals surface area contributed by atoms with Crippen LogP contribution in [0.4, 0.5) is 5.13 Å². The molecule has 1 N–H and O–H groups in total. The van der Waals surface area contributed by atoms with E-state index in [2.05, 4.69) is 15.5 Å². The van der Waals surface area contributed by atoms with Crippen molar-refractivity contribution in [3.8, 4) is 17.2 Å². The van der Waals surface area contributed by atoms with Gasteiger partial charge in [0.25, 0.3) is 0 Å². The van der Waals surface area contributed by atoms with Gasteiger partial charge in [-0.3, -0.25) is 0 Å². The van der Waals surface area contributed by atoms with Crippen molar-refractivity contribution in [2.45, 2.75) is 13.5 Å². The molecule has 0 unspecified atom stereocenters. The van der Waals surface area contributed by atoms with Crippen LogP contribution < -0.4 is 19.5 Å². The van der Waals surface area contributed by atoms with Crippen LogP contribution in [0.2, 0.25) is 0 Å². The largest absolute Gasteiger partial charge is 0.486 e. The SMILES string of the molecule is CCNc1nnc(COc2ccc3c(c2)OCO3)s1. The smallest absolute Gasteiger partial charge is 0.231 e. The average Bonchev–Trinajstić information content (AvgIpc) is 3.04. The molecule has 2 heterocycles. The maximum absolute atomic E-state index is 5.65. The minimum Gasteiger partial charge on any atom is -0.486 e. The molecule has 1 aromatic heterocycles. The van der Waals surface area contributed by atoms with Crippen molar-refractivity contribution in [3.63, 3.8) is 0 Å². The zero-order valence-corrected chi connectivity index (χ0v) is 11.2. The molecule has 1 aliphatic rings. The van der Waals surface area contributed by atoms with E-state index in [0.29, 0.717) is 12.4 Å². The van der Waals surface area contributed by atoms with Gasteiger partial charge in [-0.1, -0.05) is 11.3 Å². The molecule has 3 rings (SSSR count). The van der Waals surface area contributed by atoms with Crippen molar-refractivity contribution < 1.29 is 14.2 Å². The summed E-state index contributed by atoms with van der Waals surface area (Å²) in [6.45, 7) is 3.51. The number of hydrogen-bond donors (Lipinski definition) is 1. The van der Waals surface area contributed by atoms with Gasteiger partial charge in [0.15, 0.2) is 16.5 Å². The maximum atomic E-state index is 5.65. The predicted octanol–water partition coefficient (Wildman–Crippen LogP) is 2.28. The zero-order valence-electron chi connectivity index (χ0n) is 10.4. The summed E-state index contributed by atoms with van der Waals surface area (Å²) in [5.74, 6) is 2.19. The number of fused-ring (bicyclic) bond motifs is 1. The summed E-state index contributed by atoms with van der Waals surface area (Å²) in [4.78, 5) is 0. The molecule has 0 saturated carbocycles. The third kappa shape index (κ3) is 2.70. The van der Waals surface area contributed by atoms with E-state index in [-0.39, 0.29) is 6.79 Å². The van der Waals surface area contributed by atoms with Gasteiger partial charge < -0.3 is 19.5 Å². The Hall–Kier alpha value is -2.02. The molecule has 2 aromatic rings. The lowest BCUT2D eigenvalue weighted by Gasteiger charge is -2.04. The molecule has 0 fully saturated rings.